The first kappa shape index (κ1) is 39.7. The molecule has 6 rings (SSSR count). The van der Waals surface area contributed by atoms with Gasteiger partial charge in [-0.1, -0.05) is 85.0 Å². The standard InChI is InChI=1S/C40H38N4O10S2/c1-39(2)33(36(46)51-22-25-10-6-4-7-11-25)43-35(55)32(40(43,3)56-39)42-34(45)31(41-37(47)52-23-27-14-18-29(19-15-27)44(49)50)28-16-20-30(21-17-28)54-38(48)53-24-26-12-8-5-9-13-26/h4-21,31-33H,22-24H2,1-3H3,(H,41,47)(H,42,45)/t31?,32-,33+,40?/m1/s1. The Bertz CT molecular complexity index is 2100. The van der Waals surface area contributed by atoms with E-state index in [4.69, 9.17) is 31.2 Å². The normalized spacial score (nSPS) is 19.7. The van der Waals surface area contributed by atoms with Crippen LogP contribution in [0, 0.1) is 10.1 Å². The van der Waals surface area contributed by atoms with E-state index in [-0.39, 0.29) is 31.3 Å². The van der Waals surface area contributed by atoms with Crippen molar-refractivity contribution in [2.45, 2.75) is 68.3 Å². The summed E-state index contributed by atoms with van der Waals surface area (Å²) in [5.41, 5.74) is 2.30. The highest BCUT2D eigenvalue weighted by atomic mass is 32.2. The fourth-order valence-corrected chi connectivity index (χ4v) is 9.25. The number of carbonyl (C=O) groups excluding carboxylic acids is 4. The van der Waals surface area contributed by atoms with Crippen LogP contribution in [0.4, 0.5) is 15.3 Å². The number of carbonyl (C=O) groups is 4. The van der Waals surface area contributed by atoms with Gasteiger partial charge in [-0.2, -0.15) is 0 Å². The Morgan fingerprint density at radius 3 is 1.95 bits per heavy atom. The number of nitro groups is 1. The van der Waals surface area contributed by atoms with E-state index in [2.05, 4.69) is 10.6 Å². The first-order valence-electron chi connectivity index (χ1n) is 17.4. The van der Waals surface area contributed by atoms with Crippen molar-refractivity contribution in [1.29, 1.82) is 0 Å². The minimum absolute atomic E-state index is 0.0103. The van der Waals surface area contributed by atoms with Crippen LogP contribution >= 0.6 is 24.0 Å². The number of fused-ring (bicyclic) bond motifs is 1. The van der Waals surface area contributed by atoms with Gasteiger partial charge in [0.1, 0.15) is 53.6 Å². The van der Waals surface area contributed by atoms with Gasteiger partial charge in [0.15, 0.2) is 0 Å². The number of hydrogen-bond acceptors (Lipinski definition) is 12. The van der Waals surface area contributed by atoms with Crippen molar-refractivity contribution >= 4 is 58.8 Å². The van der Waals surface area contributed by atoms with Crippen LogP contribution in [0.15, 0.2) is 109 Å². The van der Waals surface area contributed by atoms with Gasteiger partial charge in [-0.3, -0.25) is 14.9 Å². The number of thiocarbonyl (C=S) groups is 1. The molecule has 0 spiro atoms. The van der Waals surface area contributed by atoms with Crippen molar-refractivity contribution in [3.63, 3.8) is 0 Å². The molecule has 2 heterocycles. The number of hydrogen-bond donors (Lipinski definition) is 2. The average molecular weight is 799 g/mol. The van der Waals surface area contributed by atoms with E-state index >= 15 is 0 Å². The van der Waals surface area contributed by atoms with E-state index in [0.29, 0.717) is 16.1 Å². The summed E-state index contributed by atoms with van der Waals surface area (Å²) >= 11 is 7.29. The number of nitro benzene ring substituents is 1. The molecule has 0 aliphatic carbocycles. The highest BCUT2D eigenvalue weighted by Gasteiger charge is 2.69. The number of ether oxygens (including phenoxy) is 4. The molecule has 4 aromatic rings. The smallest absolute Gasteiger partial charge is 0.459 e. The van der Waals surface area contributed by atoms with Crippen LogP contribution in [0.2, 0.25) is 0 Å². The maximum Gasteiger partial charge on any atom is 0.514 e. The molecule has 2 saturated heterocycles. The summed E-state index contributed by atoms with van der Waals surface area (Å²) < 4.78 is 20.9. The molecule has 2 N–H and O–H groups in total. The number of thioether (sulfide) groups is 1. The summed E-state index contributed by atoms with van der Waals surface area (Å²) in [6.45, 7) is 5.60. The van der Waals surface area contributed by atoms with Crippen LogP contribution in [0.25, 0.3) is 0 Å². The largest absolute Gasteiger partial charge is 0.514 e. The third-order valence-corrected chi connectivity index (χ3v) is 11.3. The van der Waals surface area contributed by atoms with Gasteiger partial charge in [-0.05, 0) is 67.3 Å². The number of nitrogens with zero attached hydrogens (tertiary/aromatic N) is 2. The summed E-state index contributed by atoms with van der Waals surface area (Å²) in [6.07, 6.45) is -1.88. The van der Waals surface area contributed by atoms with Gasteiger partial charge >= 0.3 is 18.2 Å². The van der Waals surface area contributed by atoms with Gasteiger partial charge in [0.05, 0.1) is 4.92 Å². The molecular weight excluding hydrogens is 761 g/mol. The van der Waals surface area contributed by atoms with Crippen molar-refractivity contribution < 1.29 is 43.0 Å². The van der Waals surface area contributed by atoms with E-state index in [0.717, 1.165) is 11.1 Å². The summed E-state index contributed by atoms with van der Waals surface area (Å²) in [5, 5.41) is 16.6. The second kappa shape index (κ2) is 16.8. The molecule has 14 nitrogen and oxygen atoms in total. The number of alkyl carbamates (subject to hydrolysis) is 1. The molecule has 0 bridgehead atoms. The number of esters is 1. The second-order valence-electron chi connectivity index (χ2n) is 13.7. The van der Waals surface area contributed by atoms with Crippen molar-refractivity contribution in [3.8, 4) is 5.75 Å². The predicted octanol–water partition coefficient (Wildman–Crippen LogP) is 6.76. The van der Waals surface area contributed by atoms with E-state index in [1.54, 1.807) is 17.0 Å². The molecule has 0 radical (unpaired) electrons. The number of non-ortho nitro benzene ring substituents is 1. The van der Waals surface area contributed by atoms with Gasteiger partial charge in [0, 0.05) is 16.9 Å². The van der Waals surface area contributed by atoms with E-state index in [1.165, 1.54) is 60.3 Å². The molecule has 290 valence electrons. The molecule has 2 aliphatic rings. The Kier molecular flexibility index (Phi) is 11.9. The van der Waals surface area contributed by atoms with Crippen LogP contribution in [0.5, 0.6) is 5.75 Å². The van der Waals surface area contributed by atoms with Gasteiger partial charge in [0.2, 0.25) is 5.91 Å². The molecule has 56 heavy (non-hydrogen) atoms. The number of nitrogens with one attached hydrogen (secondary N) is 2. The molecule has 16 heteroatoms. The Hall–Kier alpha value is -6.00. The molecule has 2 unspecified atom stereocenters. The molecule has 0 aromatic heterocycles. The van der Waals surface area contributed by atoms with Crippen LogP contribution in [-0.2, 0) is 43.6 Å². The first-order chi connectivity index (χ1) is 26.7. The molecular formula is C40H38N4O10S2. The molecule has 0 saturated carbocycles. The third-order valence-electron chi connectivity index (χ3n) is 9.27. The predicted molar refractivity (Wildman–Crippen MR) is 209 cm³/mol. The number of amides is 2. The first-order valence-corrected chi connectivity index (χ1v) is 18.7. The molecule has 2 amide bonds. The number of benzene rings is 4. The Balaban J connectivity index is 1.15. The lowest BCUT2D eigenvalue weighted by Crippen LogP contribution is -2.76. The maximum atomic E-state index is 14.1. The third kappa shape index (κ3) is 8.92. The van der Waals surface area contributed by atoms with E-state index < -0.39 is 56.8 Å². The molecule has 2 fully saturated rings. The lowest BCUT2D eigenvalue weighted by Gasteiger charge is -2.54. The van der Waals surface area contributed by atoms with Crippen molar-refractivity contribution in [3.05, 3.63) is 142 Å². The SMILES string of the molecule is CC1(C)SC2(C)[C@H](NC(=O)C(NC(=O)OCc3ccc([N+](=O)[O-])cc3)c3ccc(OC(=O)OCc4ccccc4)cc3)C(=S)N2[C@H]1C(=O)OCc1ccccc1. The summed E-state index contributed by atoms with van der Waals surface area (Å²) in [6, 6.07) is 27.0. The fraction of sp³-hybridized carbons (Fsp3) is 0.275. The van der Waals surface area contributed by atoms with Gasteiger partial charge in [-0.15, -0.1) is 11.8 Å². The molecule has 2 aliphatic heterocycles. The van der Waals surface area contributed by atoms with Gasteiger partial charge in [0.25, 0.3) is 5.69 Å². The van der Waals surface area contributed by atoms with Crippen LogP contribution in [0.1, 0.15) is 49.1 Å². The fourth-order valence-electron chi connectivity index (χ4n) is 6.56. The zero-order chi connectivity index (χ0) is 40.0. The minimum atomic E-state index is -1.31. The number of rotatable bonds is 13. The van der Waals surface area contributed by atoms with Gasteiger partial charge < -0.3 is 34.5 Å². The van der Waals surface area contributed by atoms with Crippen molar-refractivity contribution in [2.24, 2.45) is 0 Å². The van der Waals surface area contributed by atoms with Crippen LogP contribution in [0.3, 0.4) is 0 Å². The molecule has 4 atom stereocenters. The lowest BCUT2D eigenvalue weighted by molar-refractivity contribution is -0.384. The van der Waals surface area contributed by atoms with Crippen molar-refractivity contribution in [1.82, 2.24) is 15.5 Å². The van der Waals surface area contributed by atoms with Crippen LogP contribution < -0.4 is 15.4 Å². The second-order valence-corrected chi connectivity index (χ2v) is 16.2. The minimum Gasteiger partial charge on any atom is -0.459 e. The zero-order valence-electron chi connectivity index (χ0n) is 30.5. The van der Waals surface area contributed by atoms with E-state index in [9.17, 15) is 29.3 Å². The Morgan fingerprint density at radius 1 is 0.804 bits per heavy atom. The van der Waals surface area contributed by atoms with Gasteiger partial charge in [-0.25, -0.2) is 14.4 Å². The lowest BCUT2D eigenvalue weighted by atomic mass is 9.90. The molecule has 4 aromatic carbocycles. The summed E-state index contributed by atoms with van der Waals surface area (Å²) in [4.78, 5) is 64.9. The zero-order valence-corrected chi connectivity index (χ0v) is 32.2. The Morgan fingerprint density at radius 2 is 1.36 bits per heavy atom. The Labute approximate surface area is 332 Å². The topological polar surface area (TPSA) is 176 Å². The highest BCUT2D eigenvalue weighted by molar-refractivity contribution is 8.02. The van der Waals surface area contributed by atoms with Crippen LogP contribution in [-0.4, -0.2) is 60.6 Å². The summed E-state index contributed by atoms with van der Waals surface area (Å²) in [5.74, 6) is -0.941. The highest BCUT2D eigenvalue weighted by Crippen LogP contribution is 2.59. The average Bonchev–Trinajstić information content (AvgIpc) is 3.39. The van der Waals surface area contributed by atoms with Crippen molar-refractivity contribution in [2.75, 3.05) is 0 Å². The quantitative estimate of drug-likeness (QED) is 0.0363. The van der Waals surface area contributed by atoms with E-state index in [1.807, 2.05) is 69.3 Å². The monoisotopic (exact) mass is 798 g/mol. The summed E-state index contributed by atoms with van der Waals surface area (Å²) in [7, 11) is 0. The maximum absolute atomic E-state index is 14.1.